The van der Waals surface area contributed by atoms with Crippen molar-refractivity contribution >= 4 is 11.7 Å². The van der Waals surface area contributed by atoms with Gasteiger partial charge in [-0.05, 0) is 38.5 Å². The van der Waals surface area contributed by atoms with Gasteiger partial charge < -0.3 is 10.6 Å². The molecule has 122 valence electrons. The minimum atomic E-state index is 0.0896. The summed E-state index contributed by atoms with van der Waals surface area (Å²) in [6, 6.07) is 3.54. The van der Waals surface area contributed by atoms with Crippen molar-refractivity contribution in [3.05, 3.63) is 12.3 Å². The molecule has 2 N–H and O–H groups in total. The summed E-state index contributed by atoms with van der Waals surface area (Å²) < 4.78 is 2.21. The largest absolute Gasteiger partial charge is 0.368 e. The number of nitrogens with one attached hydrogen (secondary N) is 2. The van der Waals surface area contributed by atoms with Crippen LogP contribution in [0.2, 0.25) is 0 Å². The van der Waals surface area contributed by atoms with Gasteiger partial charge in [0, 0.05) is 25.1 Å². The molecular weight excluding hydrogens is 276 g/mol. The lowest BCUT2D eigenvalue weighted by Crippen LogP contribution is -2.39. The molecule has 0 aromatic carbocycles. The van der Waals surface area contributed by atoms with Crippen molar-refractivity contribution < 1.29 is 4.79 Å². The zero-order valence-electron chi connectivity index (χ0n) is 13.6. The Hall–Kier alpha value is -1.52. The van der Waals surface area contributed by atoms with E-state index in [1.807, 2.05) is 6.20 Å². The molecule has 0 aliphatic heterocycles. The van der Waals surface area contributed by atoms with Gasteiger partial charge in [0.25, 0.3) is 0 Å². The number of carbonyl (C=O) groups is 1. The quantitative estimate of drug-likeness (QED) is 0.897. The number of nitrogens with zero attached hydrogens (tertiary/aromatic N) is 2. The van der Waals surface area contributed by atoms with Crippen LogP contribution in [-0.2, 0) is 4.79 Å². The molecule has 5 nitrogen and oxygen atoms in total. The van der Waals surface area contributed by atoms with E-state index >= 15 is 0 Å². The first-order chi connectivity index (χ1) is 10.7. The van der Waals surface area contributed by atoms with Gasteiger partial charge in [-0.3, -0.25) is 4.79 Å². The van der Waals surface area contributed by atoms with Crippen LogP contribution in [-0.4, -0.2) is 27.8 Å². The SMILES string of the molecule is CC(=O)NC1CCC(Nc2ccnn2C2CCCCC2)CC1. The van der Waals surface area contributed by atoms with Gasteiger partial charge in [-0.2, -0.15) is 5.10 Å². The predicted molar refractivity (Wildman–Crippen MR) is 87.8 cm³/mol. The molecule has 5 heteroatoms. The van der Waals surface area contributed by atoms with Crippen LogP contribution in [0.25, 0.3) is 0 Å². The monoisotopic (exact) mass is 304 g/mol. The van der Waals surface area contributed by atoms with Crippen molar-refractivity contribution in [1.82, 2.24) is 15.1 Å². The van der Waals surface area contributed by atoms with Gasteiger partial charge in [0.2, 0.25) is 5.91 Å². The molecule has 3 rings (SSSR count). The minimum absolute atomic E-state index is 0.0896. The fourth-order valence-corrected chi connectivity index (χ4v) is 3.92. The van der Waals surface area contributed by atoms with Gasteiger partial charge in [0.05, 0.1) is 12.2 Å². The highest BCUT2D eigenvalue weighted by Crippen LogP contribution is 2.31. The average Bonchev–Trinajstić information content (AvgIpc) is 2.98. The van der Waals surface area contributed by atoms with Crippen LogP contribution in [0.1, 0.15) is 70.8 Å². The average molecular weight is 304 g/mol. The second kappa shape index (κ2) is 7.16. The van der Waals surface area contributed by atoms with Crippen molar-refractivity contribution in [3.8, 4) is 0 Å². The number of hydrogen-bond acceptors (Lipinski definition) is 3. The van der Waals surface area contributed by atoms with Crippen molar-refractivity contribution in [2.75, 3.05) is 5.32 Å². The summed E-state index contributed by atoms with van der Waals surface area (Å²) in [7, 11) is 0. The topological polar surface area (TPSA) is 59.0 Å². The van der Waals surface area contributed by atoms with Crippen molar-refractivity contribution in [1.29, 1.82) is 0 Å². The van der Waals surface area contributed by atoms with Crippen molar-refractivity contribution in [3.63, 3.8) is 0 Å². The minimum Gasteiger partial charge on any atom is -0.368 e. The van der Waals surface area contributed by atoms with E-state index in [4.69, 9.17) is 0 Å². The first-order valence-electron chi connectivity index (χ1n) is 8.79. The second-order valence-corrected chi connectivity index (χ2v) is 6.85. The molecule has 0 radical (unpaired) electrons. The number of carbonyl (C=O) groups excluding carboxylic acids is 1. The third kappa shape index (κ3) is 3.81. The van der Waals surface area contributed by atoms with Crippen LogP contribution in [0.15, 0.2) is 12.3 Å². The molecule has 22 heavy (non-hydrogen) atoms. The molecule has 2 aliphatic carbocycles. The van der Waals surface area contributed by atoms with Crippen LogP contribution in [0, 0.1) is 0 Å². The highest BCUT2D eigenvalue weighted by molar-refractivity contribution is 5.73. The maximum atomic E-state index is 11.1. The Labute approximate surface area is 132 Å². The number of hydrogen-bond donors (Lipinski definition) is 2. The Bertz CT molecular complexity index is 485. The summed E-state index contributed by atoms with van der Waals surface area (Å²) in [5.41, 5.74) is 0. The van der Waals surface area contributed by atoms with Crippen molar-refractivity contribution in [2.45, 2.75) is 82.8 Å². The number of anilines is 1. The molecule has 2 fully saturated rings. The standard InChI is InChI=1S/C17H28N4O/c1-13(22)19-14-7-9-15(10-8-14)20-17-11-12-18-21(17)16-5-3-2-4-6-16/h11-12,14-16,20H,2-10H2,1H3,(H,19,22). The van der Waals surface area contributed by atoms with E-state index in [2.05, 4.69) is 26.5 Å². The first kappa shape index (κ1) is 15.4. The zero-order chi connectivity index (χ0) is 15.4. The van der Waals surface area contributed by atoms with Gasteiger partial charge in [0.15, 0.2) is 0 Å². The Balaban J connectivity index is 1.54. The van der Waals surface area contributed by atoms with E-state index in [0.29, 0.717) is 18.1 Å². The number of rotatable bonds is 4. The fraction of sp³-hybridized carbons (Fsp3) is 0.765. The maximum Gasteiger partial charge on any atom is 0.217 e. The summed E-state index contributed by atoms with van der Waals surface area (Å²) in [5.74, 6) is 1.27. The lowest BCUT2D eigenvalue weighted by atomic mass is 9.91. The molecule has 2 saturated carbocycles. The molecule has 0 spiro atoms. The molecule has 1 aromatic heterocycles. The maximum absolute atomic E-state index is 11.1. The number of aromatic nitrogens is 2. The summed E-state index contributed by atoms with van der Waals surface area (Å²) in [5, 5.41) is 11.3. The fourth-order valence-electron chi connectivity index (χ4n) is 3.92. The molecular formula is C17H28N4O. The van der Waals surface area contributed by atoms with Crippen LogP contribution in [0.4, 0.5) is 5.82 Å². The van der Waals surface area contributed by atoms with Crippen LogP contribution >= 0.6 is 0 Å². The highest BCUT2D eigenvalue weighted by atomic mass is 16.1. The van der Waals surface area contributed by atoms with Crippen LogP contribution in [0.3, 0.4) is 0 Å². The normalized spacial score (nSPS) is 26.6. The second-order valence-electron chi connectivity index (χ2n) is 6.85. The van der Waals surface area contributed by atoms with Crippen molar-refractivity contribution in [2.24, 2.45) is 0 Å². The van der Waals surface area contributed by atoms with E-state index in [-0.39, 0.29) is 5.91 Å². The molecule has 0 saturated heterocycles. The Kier molecular flexibility index (Phi) is 5.01. The molecule has 1 amide bonds. The number of amides is 1. The lowest BCUT2D eigenvalue weighted by Gasteiger charge is -2.31. The highest BCUT2D eigenvalue weighted by Gasteiger charge is 2.24. The van der Waals surface area contributed by atoms with E-state index < -0.39 is 0 Å². The van der Waals surface area contributed by atoms with Gasteiger partial charge in [-0.1, -0.05) is 19.3 Å². The van der Waals surface area contributed by atoms with Gasteiger partial charge in [-0.25, -0.2) is 4.68 Å². The molecule has 0 unspecified atom stereocenters. The molecule has 1 heterocycles. The first-order valence-corrected chi connectivity index (χ1v) is 8.79. The predicted octanol–water partition coefficient (Wildman–Crippen LogP) is 3.25. The summed E-state index contributed by atoms with van der Waals surface area (Å²) in [6.07, 6.45) is 12.8. The van der Waals surface area contributed by atoms with E-state index in [0.717, 1.165) is 25.7 Å². The summed E-state index contributed by atoms with van der Waals surface area (Å²) in [4.78, 5) is 11.1. The van der Waals surface area contributed by atoms with Gasteiger partial charge >= 0.3 is 0 Å². The Morgan fingerprint density at radius 1 is 1.09 bits per heavy atom. The van der Waals surface area contributed by atoms with Gasteiger partial charge in [0.1, 0.15) is 5.82 Å². The molecule has 1 aromatic rings. The van der Waals surface area contributed by atoms with Gasteiger partial charge in [-0.15, -0.1) is 0 Å². The third-order valence-corrected chi connectivity index (χ3v) is 5.08. The van der Waals surface area contributed by atoms with E-state index in [9.17, 15) is 4.79 Å². The van der Waals surface area contributed by atoms with E-state index in [1.165, 1.54) is 37.9 Å². The Morgan fingerprint density at radius 3 is 2.45 bits per heavy atom. The smallest absolute Gasteiger partial charge is 0.217 e. The molecule has 0 atom stereocenters. The lowest BCUT2D eigenvalue weighted by molar-refractivity contribution is -0.119. The third-order valence-electron chi connectivity index (χ3n) is 5.08. The summed E-state index contributed by atoms with van der Waals surface area (Å²) in [6.45, 7) is 1.60. The molecule has 0 bridgehead atoms. The van der Waals surface area contributed by atoms with Crippen LogP contribution < -0.4 is 10.6 Å². The zero-order valence-corrected chi connectivity index (χ0v) is 13.6. The summed E-state index contributed by atoms with van der Waals surface area (Å²) >= 11 is 0. The van der Waals surface area contributed by atoms with E-state index in [1.54, 1.807) is 6.92 Å². The van der Waals surface area contributed by atoms with Crippen LogP contribution in [0.5, 0.6) is 0 Å². The Morgan fingerprint density at radius 2 is 1.77 bits per heavy atom. The molecule has 2 aliphatic rings.